The smallest absolute Gasteiger partial charge is 0.221 e. The van der Waals surface area contributed by atoms with Crippen LogP contribution in [0.1, 0.15) is 6.42 Å². The van der Waals surface area contributed by atoms with Gasteiger partial charge in [0, 0.05) is 25.4 Å². The lowest BCUT2D eigenvalue weighted by molar-refractivity contribution is -0.120. The molecular formula is C13H16N4O. The number of nitrogen functional groups attached to an aromatic ring is 1. The van der Waals surface area contributed by atoms with Crippen LogP contribution in [0.25, 0.3) is 10.9 Å². The highest BCUT2D eigenvalue weighted by Gasteiger charge is 2.06. The summed E-state index contributed by atoms with van der Waals surface area (Å²) in [7, 11) is 1.62. The van der Waals surface area contributed by atoms with Crippen LogP contribution in [0.3, 0.4) is 0 Å². The summed E-state index contributed by atoms with van der Waals surface area (Å²) in [5.41, 5.74) is 8.22. The summed E-state index contributed by atoms with van der Waals surface area (Å²) in [5, 5.41) is 6.74. The number of hydrogen-bond acceptors (Lipinski definition) is 4. The van der Waals surface area contributed by atoms with Gasteiger partial charge in [-0.15, -0.1) is 0 Å². The van der Waals surface area contributed by atoms with Crippen LogP contribution >= 0.6 is 0 Å². The van der Waals surface area contributed by atoms with Crippen molar-refractivity contribution in [1.29, 1.82) is 0 Å². The lowest BCUT2D eigenvalue weighted by atomic mass is 10.1. The van der Waals surface area contributed by atoms with E-state index in [0.29, 0.717) is 18.7 Å². The maximum absolute atomic E-state index is 11.2. The molecule has 4 N–H and O–H groups in total. The van der Waals surface area contributed by atoms with E-state index >= 15 is 0 Å². The molecule has 0 aliphatic rings. The number of nitrogens with two attached hydrogens (primary N) is 1. The highest BCUT2D eigenvalue weighted by Crippen LogP contribution is 2.27. The maximum atomic E-state index is 11.2. The Labute approximate surface area is 105 Å². The molecule has 0 saturated carbocycles. The van der Waals surface area contributed by atoms with Crippen molar-refractivity contribution in [3.8, 4) is 0 Å². The summed E-state index contributed by atoms with van der Waals surface area (Å²) in [4.78, 5) is 15.4. The Hall–Kier alpha value is -2.30. The van der Waals surface area contributed by atoms with Crippen molar-refractivity contribution in [2.45, 2.75) is 6.42 Å². The lowest BCUT2D eigenvalue weighted by Gasteiger charge is -2.11. The van der Waals surface area contributed by atoms with E-state index < -0.39 is 0 Å². The molecule has 0 saturated heterocycles. The molecule has 5 nitrogen and oxygen atoms in total. The predicted octanol–water partition coefficient (Wildman–Crippen LogP) is 1.36. The van der Waals surface area contributed by atoms with Crippen LogP contribution in [-0.4, -0.2) is 24.5 Å². The molecule has 0 radical (unpaired) electrons. The molecule has 0 bridgehead atoms. The molecule has 5 heteroatoms. The number of anilines is 2. The number of benzene rings is 1. The lowest BCUT2D eigenvalue weighted by Crippen LogP contribution is -2.21. The normalized spacial score (nSPS) is 10.3. The maximum Gasteiger partial charge on any atom is 0.221 e. The molecule has 1 amide bonds. The Morgan fingerprint density at radius 3 is 2.94 bits per heavy atom. The Bertz CT molecular complexity index is 568. The molecular weight excluding hydrogens is 228 g/mol. The van der Waals surface area contributed by atoms with Crippen molar-refractivity contribution in [2.75, 3.05) is 24.6 Å². The van der Waals surface area contributed by atoms with Crippen LogP contribution in [0, 0.1) is 0 Å². The third kappa shape index (κ3) is 2.51. The van der Waals surface area contributed by atoms with Gasteiger partial charge in [-0.1, -0.05) is 18.2 Å². The van der Waals surface area contributed by atoms with Crippen LogP contribution < -0.4 is 16.4 Å². The van der Waals surface area contributed by atoms with Gasteiger partial charge in [-0.05, 0) is 6.07 Å². The number of carbonyl (C=O) groups excluding carboxylic acids is 1. The first kappa shape index (κ1) is 12.2. The number of para-hydroxylation sites is 1. The van der Waals surface area contributed by atoms with Crippen molar-refractivity contribution in [3.63, 3.8) is 0 Å². The van der Waals surface area contributed by atoms with Crippen molar-refractivity contribution in [2.24, 2.45) is 0 Å². The van der Waals surface area contributed by atoms with Crippen molar-refractivity contribution >= 4 is 28.2 Å². The summed E-state index contributed by atoms with van der Waals surface area (Å²) in [6, 6.07) is 7.76. The average Bonchev–Trinajstić information content (AvgIpc) is 2.41. The highest BCUT2D eigenvalue weighted by atomic mass is 16.1. The second kappa shape index (κ2) is 5.35. The summed E-state index contributed by atoms with van der Waals surface area (Å²) in [6.07, 6.45) is 2.04. The Balaban J connectivity index is 2.21. The zero-order valence-corrected chi connectivity index (χ0v) is 10.2. The van der Waals surface area contributed by atoms with Gasteiger partial charge in [-0.25, -0.2) is 0 Å². The summed E-state index contributed by atoms with van der Waals surface area (Å²) < 4.78 is 0. The van der Waals surface area contributed by atoms with Gasteiger partial charge < -0.3 is 16.4 Å². The van der Waals surface area contributed by atoms with Gasteiger partial charge in [0.05, 0.1) is 23.1 Å². The number of nitrogens with one attached hydrogen (secondary N) is 2. The van der Waals surface area contributed by atoms with Gasteiger partial charge >= 0.3 is 0 Å². The number of fused-ring (bicyclic) bond motifs is 1. The van der Waals surface area contributed by atoms with E-state index in [9.17, 15) is 4.79 Å². The summed E-state index contributed by atoms with van der Waals surface area (Å²) in [6.45, 7) is 0.540. The van der Waals surface area contributed by atoms with E-state index in [4.69, 9.17) is 5.73 Å². The van der Waals surface area contributed by atoms with Gasteiger partial charge in [0.25, 0.3) is 0 Å². The monoisotopic (exact) mass is 244 g/mol. The molecule has 2 rings (SSSR count). The van der Waals surface area contributed by atoms with Gasteiger partial charge in [0.15, 0.2) is 0 Å². The van der Waals surface area contributed by atoms with Crippen LogP contribution in [0.2, 0.25) is 0 Å². The van der Waals surface area contributed by atoms with Crippen LogP contribution in [0.5, 0.6) is 0 Å². The summed E-state index contributed by atoms with van der Waals surface area (Å²) >= 11 is 0. The molecule has 0 fully saturated rings. The first-order valence-electron chi connectivity index (χ1n) is 5.80. The fourth-order valence-electron chi connectivity index (χ4n) is 1.78. The zero-order chi connectivity index (χ0) is 13.0. The SMILES string of the molecule is CNC(=O)CCNc1c(N)cnc2ccccc12. The Kier molecular flexibility index (Phi) is 3.62. The molecule has 0 unspecified atom stereocenters. The molecule has 0 aliphatic heterocycles. The minimum absolute atomic E-state index is 0.000525. The molecule has 0 aliphatic carbocycles. The molecule has 1 heterocycles. The Morgan fingerprint density at radius 2 is 2.17 bits per heavy atom. The van der Waals surface area contributed by atoms with E-state index in [-0.39, 0.29) is 5.91 Å². The van der Waals surface area contributed by atoms with E-state index in [1.54, 1.807) is 13.2 Å². The third-order valence-corrected chi connectivity index (χ3v) is 2.74. The summed E-state index contributed by atoms with van der Waals surface area (Å²) in [5.74, 6) is -0.000525. The zero-order valence-electron chi connectivity index (χ0n) is 10.2. The molecule has 2 aromatic rings. The van der Waals surface area contributed by atoms with Crippen molar-refractivity contribution in [1.82, 2.24) is 10.3 Å². The Morgan fingerprint density at radius 1 is 1.39 bits per heavy atom. The number of carbonyl (C=O) groups is 1. The van der Waals surface area contributed by atoms with Crippen LogP contribution in [0.15, 0.2) is 30.5 Å². The minimum atomic E-state index is -0.000525. The van der Waals surface area contributed by atoms with Gasteiger partial charge in [0.1, 0.15) is 0 Å². The topological polar surface area (TPSA) is 80.0 Å². The molecule has 1 aromatic heterocycles. The van der Waals surface area contributed by atoms with E-state index in [1.807, 2.05) is 24.3 Å². The highest BCUT2D eigenvalue weighted by molar-refractivity contribution is 5.96. The number of nitrogens with zero attached hydrogens (tertiary/aromatic N) is 1. The largest absolute Gasteiger partial charge is 0.396 e. The van der Waals surface area contributed by atoms with Crippen LogP contribution in [0.4, 0.5) is 11.4 Å². The number of amides is 1. The molecule has 18 heavy (non-hydrogen) atoms. The van der Waals surface area contributed by atoms with Crippen molar-refractivity contribution < 1.29 is 4.79 Å². The van der Waals surface area contributed by atoms with Gasteiger partial charge in [0.2, 0.25) is 5.91 Å². The fourth-order valence-corrected chi connectivity index (χ4v) is 1.78. The third-order valence-electron chi connectivity index (χ3n) is 2.74. The molecule has 94 valence electrons. The first-order valence-corrected chi connectivity index (χ1v) is 5.80. The average molecular weight is 244 g/mol. The quantitative estimate of drug-likeness (QED) is 0.758. The number of hydrogen-bond donors (Lipinski definition) is 3. The number of rotatable bonds is 4. The molecule has 1 aromatic carbocycles. The second-order valence-electron chi connectivity index (χ2n) is 3.96. The van der Waals surface area contributed by atoms with Gasteiger partial charge in [-0.3, -0.25) is 9.78 Å². The molecule has 0 spiro atoms. The van der Waals surface area contributed by atoms with Crippen LogP contribution in [-0.2, 0) is 4.79 Å². The van der Waals surface area contributed by atoms with E-state index in [1.165, 1.54) is 0 Å². The number of pyridine rings is 1. The first-order chi connectivity index (χ1) is 8.72. The van der Waals surface area contributed by atoms with Gasteiger partial charge in [-0.2, -0.15) is 0 Å². The second-order valence-corrected chi connectivity index (χ2v) is 3.96. The number of aromatic nitrogens is 1. The van der Waals surface area contributed by atoms with E-state index in [0.717, 1.165) is 16.6 Å². The van der Waals surface area contributed by atoms with E-state index in [2.05, 4.69) is 15.6 Å². The standard InChI is InChI=1S/C13H16N4O/c1-15-12(18)6-7-16-13-9-4-2-3-5-11(9)17-8-10(13)14/h2-5,8H,6-7,14H2,1H3,(H,15,18)(H,16,17). The minimum Gasteiger partial charge on any atom is -0.396 e. The molecule has 0 atom stereocenters. The fraction of sp³-hybridized carbons (Fsp3) is 0.231. The van der Waals surface area contributed by atoms with Crippen molar-refractivity contribution in [3.05, 3.63) is 30.5 Å². The predicted molar refractivity (Wildman–Crippen MR) is 73.3 cm³/mol.